The van der Waals surface area contributed by atoms with Crippen LogP contribution in [0.1, 0.15) is 77.8 Å². The molecule has 248 valence electrons. The summed E-state index contributed by atoms with van der Waals surface area (Å²) in [7, 11) is 0. The average Bonchev–Trinajstić information content (AvgIpc) is 3.61. The maximum Gasteiger partial charge on any atom is 2.00 e. The second kappa shape index (κ2) is 10.9. The van der Waals surface area contributed by atoms with Crippen molar-refractivity contribution in [1.29, 1.82) is 0 Å². The molecular formula is C43H39N3O2Pt. The maximum atomic E-state index is 6.68. The molecule has 3 aliphatic rings. The fraction of sp³-hybridized carbons (Fsp3) is 0.302. The van der Waals surface area contributed by atoms with Crippen LogP contribution >= 0.6 is 0 Å². The molecule has 0 fully saturated rings. The van der Waals surface area contributed by atoms with Crippen molar-refractivity contribution in [1.82, 2.24) is 9.55 Å². The Balaban J connectivity index is 0.00000348. The van der Waals surface area contributed by atoms with Crippen molar-refractivity contribution in [3.63, 3.8) is 0 Å². The number of rotatable bonds is 3. The number of hydrogen-bond acceptors (Lipinski definition) is 4. The van der Waals surface area contributed by atoms with Gasteiger partial charge in [0.15, 0.2) is 0 Å². The molecule has 6 aromatic rings. The molecule has 0 saturated carbocycles. The number of benzene rings is 4. The number of hydrogen-bond donors (Lipinski definition) is 0. The number of nitrogens with zero attached hydrogens (tertiary/aromatic N) is 3. The normalized spacial score (nSPS) is 19.4. The van der Waals surface area contributed by atoms with E-state index in [4.69, 9.17) is 19.5 Å². The molecule has 1 aliphatic carbocycles. The molecule has 2 atom stereocenters. The van der Waals surface area contributed by atoms with Crippen LogP contribution in [0.4, 0.5) is 0 Å². The van der Waals surface area contributed by atoms with E-state index in [0.717, 1.165) is 39.8 Å². The van der Waals surface area contributed by atoms with E-state index in [1.54, 1.807) is 0 Å². The summed E-state index contributed by atoms with van der Waals surface area (Å²) >= 11 is 0. The quantitative estimate of drug-likeness (QED) is 0.167. The molecule has 6 heteroatoms. The molecule has 9 rings (SSSR count). The number of para-hydroxylation sites is 1. The van der Waals surface area contributed by atoms with Gasteiger partial charge in [-0.1, -0.05) is 101 Å². The van der Waals surface area contributed by atoms with Crippen molar-refractivity contribution < 1.29 is 30.5 Å². The largest absolute Gasteiger partial charge is 2.00 e. The molecule has 0 unspecified atom stereocenters. The Hall–Kier alpha value is -4.21. The van der Waals surface area contributed by atoms with E-state index in [1.165, 1.54) is 44.3 Å². The Morgan fingerprint density at radius 3 is 2.45 bits per heavy atom. The molecule has 0 radical (unpaired) electrons. The van der Waals surface area contributed by atoms with Crippen molar-refractivity contribution in [2.45, 2.75) is 84.8 Å². The number of aryl methyl sites for hydroxylation is 4. The van der Waals surface area contributed by atoms with Gasteiger partial charge in [-0.3, -0.25) is 4.99 Å². The minimum Gasteiger partial charge on any atom is -0.514 e. The molecular weight excluding hydrogens is 786 g/mol. The SMILES string of the molecule is Cc1cc(Oc2[c-]c3c(cc2C)C(C)(C)c2cccc4c5cccnc5n-3c24)[c-]c(C2=N[C@@H]3[C@H](Cc4cc(C)cc(C)c4C3(C)C)O2)c1.[Pt+2]. The number of ether oxygens (including phenoxy) is 2. The van der Waals surface area contributed by atoms with Gasteiger partial charge in [0.1, 0.15) is 17.6 Å². The number of aliphatic imine (C=N–C) groups is 1. The molecule has 0 bridgehead atoms. The molecule has 0 amide bonds. The Kier molecular flexibility index (Phi) is 7.12. The van der Waals surface area contributed by atoms with Gasteiger partial charge >= 0.3 is 21.1 Å². The van der Waals surface area contributed by atoms with E-state index in [1.807, 2.05) is 18.3 Å². The van der Waals surface area contributed by atoms with Gasteiger partial charge in [-0.2, -0.15) is 6.07 Å². The van der Waals surface area contributed by atoms with Gasteiger partial charge in [-0.05, 0) is 53.6 Å². The van der Waals surface area contributed by atoms with Gasteiger partial charge in [-0.15, -0.1) is 28.8 Å². The van der Waals surface area contributed by atoms with Crippen molar-refractivity contribution in [2.24, 2.45) is 4.99 Å². The third kappa shape index (κ3) is 4.61. The summed E-state index contributed by atoms with van der Waals surface area (Å²) in [6.07, 6.45) is 2.71. The Morgan fingerprint density at radius 2 is 1.63 bits per heavy atom. The van der Waals surface area contributed by atoms with E-state index in [0.29, 0.717) is 17.4 Å². The third-order valence-electron chi connectivity index (χ3n) is 11.0. The zero-order valence-corrected chi connectivity index (χ0v) is 31.5. The molecule has 5 nitrogen and oxygen atoms in total. The number of pyridine rings is 1. The minimum absolute atomic E-state index is 0. The Morgan fingerprint density at radius 1 is 0.857 bits per heavy atom. The first-order chi connectivity index (χ1) is 22.9. The van der Waals surface area contributed by atoms with E-state index < -0.39 is 0 Å². The van der Waals surface area contributed by atoms with Gasteiger partial charge in [0.25, 0.3) is 0 Å². The zero-order valence-electron chi connectivity index (χ0n) is 29.2. The van der Waals surface area contributed by atoms with Gasteiger partial charge in [0.05, 0.1) is 11.6 Å². The molecule has 0 N–H and O–H groups in total. The first-order valence-electron chi connectivity index (χ1n) is 17.0. The monoisotopic (exact) mass is 824 g/mol. The van der Waals surface area contributed by atoms with E-state index >= 15 is 0 Å². The maximum absolute atomic E-state index is 6.68. The molecule has 0 spiro atoms. The van der Waals surface area contributed by atoms with Crippen LogP contribution in [0, 0.1) is 39.8 Å². The average molecular weight is 825 g/mol. The van der Waals surface area contributed by atoms with Crippen molar-refractivity contribution in [3.8, 4) is 17.2 Å². The van der Waals surface area contributed by atoms with Gasteiger partial charge < -0.3 is 14.0 Å². The van der Waals surface area contributed by atoms with Crippen LogP contribution in [0.5, 0.6) is 11.5 Å². The second-order valence-electron chi connectivity index (χ2n) is 15.2. The van der Waals surface area contributed by atoms with Crippen LogP contribution in [-0.2, 0) is 43.1 Å². The second-order valence-corrected chi connectivity index (χ2v) is 15.2. The predicted molar refractivity (Wildman–Crippen MR) is 192 cm³/mol. The molecule has 2 aliphatic heterocycles. The molecule has 4 heterocycles. The van der Waals surface area contributed by atoms with Crippen LogP contribution < -0.4 is 4.74 Å². The fourth-order valence-electron chi connectivity index (χ4n) is 8.97. The Labute approximate surface area is 302 Å². The summed E-state index contributed by atoms with van der Waals surface area (Å²) in [6.45, 7) is 17.8. The van der Waals surface area contributed by atoms with E-state index in [9.17, 15) is 0 Å². The van der Waals surface area contributed by atoms with Crippen LogP contribution in [0.25, 0.3) is 27.6 Å². The van der Waals surface area contributed by atoms with Crippen molar-refractivity contribution in [3.05, 3.63) is 129 Å². The van der Waals surface area contributed by atoms with Crippen molar-refractivity contribution in [2.75, 3.05) is 0 Å². The number of fused-ring (bicyclic) bond motifs is 7. The van der Waals surface area contributed by atoms with E-state index in [-0.39, 0.29) is 44.0 Å². The summed E-state index contributed by atoms with van der Waals surface area (Å²) in [5.74, 6) is 1.94. The fourth-order valence-corrected chi connectivity index (χ4v) is 8.97. The van der Waals surface area contributed by atoms with Crippen LogP contribution in [0.3, 0.4) is 0 Å². The minimum atomic E-state index is -0.221. The first kappa shape index (κ1) is 32.0. The summed E-state index contributed by atoms with van der Waals surface area (Å²) in [5.41, 5.74) is 13.5. The summed E-state index contributed by atoms with van der Waals surface area (Å²) in [5, 5.41) is 2.34. The van der Waals surface area contributed by atoms with Gasteiger partial charge in [-0.25, -0.2) is 4.98 Å². The zero-order chi connectivity index (χ0) is 33.3. The standard InChI is InChI=1S/C43H39N3O2.Pt/c1-23-15-26(4)37-27(16-23)21-36-39(43(37,7)8)45-41(48-36)28-17-24(2)18-29(20-28)47-35-22-34-33(19-25(35)3)42(5,6)32-13-9-11-30-31-12-10-14-44-40(31)46(34)38(30)32;/h9-19,36,39H,21H2,1-8H3;/q-2;+2/t36-,39+;/m0./s1. The molecule has 0 saturated heterocycles. The predicted octanol–water partition coefficient (Wildman–Crippen LogP) is 9.49. The first-order valence-corrected chi connectivity index (χ1v) is 17.0. The number of aromatic nitrogens is 2. The molecule has 49 heavy (non-hydrogen) atoms. The van der Waals surface area contributed by atoms with Crippen LogP contribution in [0.15, 0.2) is 71.9 Å². The summed E-state index contributed by atoms with van der Waals surface area (Å²) in [4.78, 5) is 10.1. The van der Waals surface area contributed by atoms with Crippen molar-refractivity contribution >= 4 is 27.8 Å². The van der Waals surface area contributed by atoms with Gasteiger partial charge in [0.2, 0.25) is 0 Å². The smallest absolute Gasteiger partial charge is 0.514 e. The Bertz CT molecular complexity index is 2400. The van der Waals surface area contributed by atoms with Crippen LogP contribution in [-0.4, -0.2) is 27.6 Å². The summed E-state index contributed by atoms with van der Waals surface area (Å²) < 4.78 is 15.6. The summed E-state index contributed by atoms with van der Waals surface area (Å²) in [6, 6.07) is 29.0. The molecule has 4 aromatic carbocycles. The van der Waals surface area contributed by atoms with E-state index in [2.05, 4.69) is 121 Å². The topological polar surface area (TPSA) is 48.6 Å². The van der Waals surface area contributed by atoms with Gasteiger partial charge in [0, 0.05) is 40.3 Å². The molecule has 2 aromatic heterocycles. The van der Waals surface area contributed by atoms with Crippen LogP contribution in [0.2, 0.25) is 0 Å². The third-order valence-corrected chi connectivity index (χ3v) is 11.0.